The number of halogens is 3. The van der Waals surface area contributed by atoms with Crippen molar-refractivity contribution >= 4 is 64.7 Å². The molecule has 0 spiro atoms. The summed E-state index contributed by atoms with van der Waals surface area (Å²) in [7, 11) is 3.57. The van der Waals surface area contributed by atoms with Gasteiger partial charge in [-0.3, -0.25) is 9.79 Å². The number of anilines is 1. The van der Waals surface area contributed by atoms with Crippen molar-refractivity contribution in [2.45, 2.75) is 19.4 Å². The molecule has 7 nitrogen and oxygen atoms in total. The van der Waals surface area contributed by atoms with Crippen LogP contribution in [0.2, 0.25) is 10.2 Å². The normalized spacial score (nSPS) is 13.2. The average molecular weight is 552 g/mol. The maximum Gasteiger partial charge on any atom is 0.224 e. The standard InChI is InChI=1S/C19H23Cl2N5O2.HI/c1-22-19(24-11-13-10-15(20)18(21)26(13)2)23-7-8-28-14-4-5-16-12(9-14)3-6-17(27)25-16;/h4-5,9-10H,3,6-8,11H2,1-2H3,(H,25,27)(H2,22,23,24);1H. The Morgan fingerprint density at radius 1 is 1.28 bits per heavy atom. The fourth-order valence-corrected chi connectivity index (χ4v) is 3.36. The molecule has 0 saturated carbocycles. The lowest BCUT2D eigenvalue weighted by molar-refractivity contribution is -0.116. The van der Waals surface area contributed by atoms with Gasteiger partial charge < -0.3 is 25.3 Å². The summed E-state index contributed by atoms with van der Waals surface area (Å²) in [6, 6.07) is 7.54. The SMILES string of the molecule is CN=C(NCCOc1ccc2c(c1)CCC(=O)N2)NCc1cc(Cl)c(Cl)n1C.I. The highest BCUT2D eigenvalue weighted by Crippen LogP contribution is 2.27. The first-order chi connectivity index (χ1) is 13.5. The molecule has 0 aliphatic carbocycles. The van der Waals surface area contributed by atoms with Gasteiger partial charge in [0.2, 0.25) is 5.91 Å². The molecule has 0 radical (unpaired) electrons. The first kappa shape index (κ1) is 23.6. The van der Waals surface area contributed by atoms with Crippen molar-refractivity contribution in [2.24, 2.45) is 12.0 Å². The zero-order valence-corrected chi connectivity index (χ0v) is 20.1. The van der Waals surface area contributed by atoms with Crippen LogP contribution in [-0.4, -0.2) is 36.6 Å². The van der Waals surface area contributed by atoms with Gasteiger partial charge in [-0.1, -0.05) is 23.2 Å². The third kappa shape index (κ3) is 6.16. The van der Waals surface area contributed by atoms with Gasteiger partial charge in [-0.05, 0) is 36.2 Å². The summed E-state index contributed by atoms with van der Waals surface area (Å²) in [5.74, 6) is 1.50. The van der Waals surface area contributed by atoms with Gasteiger partial charge in [0.25, 0.3) is 0 Å². The summed E-state index contributed by atoms with van der Waals surface area (Å²) in [5.41, 5.74) is 2.92. The predicted molar refractivity (Wildman–Crippen MR) is 128 cm³/mol. The van der Waals surface area contributed by atoms with Crippen molar-refractivity contribution in [3.8, 4) is 5.75 Å². The van der Waals surface area contributed by atoms with Gasteiger partial charge in [-0.2, -0.15) is 0 Å². The van der Waals surface area contributed by atoms with E-state index in [9.17, 15) is 4.79 Å². The van der Waals surface area contributed by atoms with Crippen molar-refractivity contribution in [1.82, 2.24) is 15.2 Å². The first-order valence-corrected chi connectivity index (χ1v) is 9.73. The van der Waals surface area contributed by atoms with Crippen LogP contribution < -0.4 is 20.7 Å². The number of nitrogens with zero attached hydrogens (tertiary/aromatic N) is 2. The minimum Gasteiger partial charge on any atom is -0.492 e. The molecule has 3 N–H and O–H groups in total. The highest BCUT2D eigenvalue weighted by Gasteiger charge is 2.15. The molecule has 158 valence electrons. The number of aliphatic imine (C=N–C) groups is 1. The molecule has 0 saturated heterocycles. The number of rotatable bonds is 6. The van der Waals surface area contributed by atoms with E-state index in [1.807, 2.05) is 35.9 Å². The Morgan fingerprint density at radius 2 is 2.07 bits per heavy atom. The molecule has 2 aromatic rings. The van der Waals surface area contributed by atoms with Crippen molar-refractivity contribution in [3.05, 3.63) is 45.7 Å². The minimum absolute atomic E-state index is 0. The second-order valence-corrected chi connectivity index (χ2v) is 7.17. The molecule has 2 heterocycles. The number of aromatic nitrogens is 1. The fourth-order valence-electron chi connectivity index (χ4n) is 2.94. The number of nitrogens with one attached hydrogen (secondary N) is 3. The third-order valence-corrected chi connectivity index (χ3v) is 5.35. The number of carbonyl (C=O) groups excluding carboxylic acids is 1. The predicted octanol–water partition coefficient (Wildman–Crippen LogP) is 3.58. The van der Waals surface area contributed by atoms with Gasteiger partial charge in [0.1, 0.15) is 17.5 Å². The number of hydrogen-bond donors (Lipinski definition) is 3. The van der Waals surface area contributed by atoms with E-state index < -0.39 is 0 Å². The number of carbonyl (C=O) groups is 1. The largest absolute Gasteiger partial charge is 0.492 e. The van der Waals surface area contributed by atoms with E-state index in [4.69, 9.17) is 27.9 Å². The van der Waals surface area contributed by atoms with Gasteiger partial charge in [0.05, 0.1) is 18.1 Å². The van der Waals surface area contributed by atoms with Crippen molar-refractivity contribution in [3.63, 3.8) is 0 Å². The number of guanidine groups is 1. The van der Waals surface area contributed by atoms with E-state index in [-0.39, 0.29) is 29.9 Å². The van der Waals surface area contributed by atoms with Gasteiger partial charge in [0.15, 0.2) is 5.96 Å². The molecule has 3 rings (SSSR count). The summed E-state index contributed by atoms with van der Waals surface area (Å²) < 4.78 is 7.62. The third-order valence-electron chi connectivity index (χ3n) is 4.51. The Hall–Kier alpha value is -1.65. The zero-order chi connectivity index (χ0) is 20.1. The Morgan fingerprint density at radius 3 is 2.76 bits per heavy atom. The number of benzene rings is 1. The first-order valence-electron chi connectivity index (χ1n) is 8.97. The smallest absolute Gasteiger partial charge is 0.224 e. The van der Waals surface area contributed by atoms with Gasteiger partial charge >= 0.3 is 0 Å². The fraction of sp³-hybridized carbons (Fsp3) is 0.368. The zero-order valence-electron chi connectivity index (χ0n) is 16.2. The lowest BCUT2D eigenvalue weighted by Crippen LogP contribution is -2.39. The van der Waals surface area contributed by atoms with Crippen molar-refractivity contribution in [2.75, 3.05) is 25.5 Å². The van der Waals surface area contributed by atoms with Gasteiger partial charge in [-0.15, -0.1) is 24.0 Å². The Kier molecular flexibility index (Phi) is 8.91. The van der Waals surface area contributed by atoms with Crippen LogP contribution in [0, 0.1) is 0 Å². The summed E-state index contributed by atoms with van der Waals surface area (Å²) in [5, 5.41) is 10.3. The summed E-state index contributed by atoms with van der Waals surface area (Å²) in [4.78, 5) is 15.6. The van der Waals surface area contributed by atoms with E-state index in [0.29, 0.717) is 42.3 Å². The van der Waals surface area contributed by atoms with E-state index in [0.717, 1.165) is 29.1 Å². The summed E-state index contributed by atoms with van der Waals surface area (Å²) in [6.07, 6.45) is 1.25. The molecule has 1 aliphatic rings. The van der Waals surface area contributed by atoms with Crippen LogP contribution >= 0.6 is 47.2 Å². The van der Waals surface area contributed by atoms with Crippen LogP contribution in [0.1, 0.15) is 17.7 Å². The molecule has 0 unspecified atom stereocenters. The lowest BCUT2D eigenvalue weighted by Gasteiger charge is -2.18. The molecule has 0 atom stereocenters. The molecule has 1 aromatic carbocycles. The summed E-state index contributed by atoms with van der Waals surface area (Å²) in [6.45, 7) is 1.61. The Bertz CT molecular complexity index is 901. The maximum atomic E-state index is 11.4. The van der Waals surface area contributed by atoms with Crippen molar-refractivity contribution in [1.29, 1.82) is 0 Å². The Balaban J connectivity index is 0.00000300. The number of hydrogen-bond acceptors (Lipinski definition) is 3. The number of amides is 1. The van der Waals surface area contributed by atoms with Crippen LogP contribution in [0.5, 0.6) is 5.75 Å². The van der Waals surface area contributed by atoms with E-state index in [1.54, 1.807) is 7.05 Å². The molecule has 1 aliphatic heterocycles. The second-order valence-electron chi connectivity index (χ2n) is 6.40. The monoisotopic (exact) mass is 551 g/mol. The molecule has 0 fully saturated rings. The van der Waals surface area contributed by atoms with Crippen LogP contribution in [0.3, 0.4) is 0 Å². The highest BCUT2D eigenvalue weighted by atomic mass is 127. The molecule has 1 amide bonds. The maximum absolute atomic E-state index is 11.4. The quantitative estimate of drug-likeness (QED) is 0.222. The molecular weight excluding hydrogens is 528 g/mol. The number of fused-ring (bicyclic) bond motifs is 1. The average Bonchev–Trinajstić information content (AvgIpc) is 2.94. The Labute approximate surface area is 197 Å². The van der Waals surface area contributed by atoms with E-state index >= 15 is 0 Å². The van der Waals surface area contributed by atoms with Gasteiger partial charge in [-0.25, -0.2) is 0 Å². The number of aryl methyl sites for hydroxylation is 1. The van der Waals surface area contributed by atoms with Crippen molar-refractivity contribution < 1.29 is 9.53 Å². The minimum atomic E-state index is 0. The molecule has 1 aromatic heterocycles. The van der Waals surface area contributed by atoms with E-state index in [2.05, 4.69) is 20.9 Å². The lowest BCUT2D eigenvalue weighted by atomic mass is 10.0. The van der Waals surface area contributed by atoms with E-state index in [1.165, 1.54) is 0 Å². The topological polar surface area (TPSA) is 79.7 Å². The van der Waals surface area contributed by atoms with Crippen LogP contribution in [0.15, 0.2) is 29.3 Å². The molecule has 10 heteroatoms. The van der Waals surface area contributed by atoms with Crippen LogP contribution in [0.4, 0.5) is 5.69 Å². The summed E-state index contributed by atoms with van der Waals surface area (Å²) >= 11 is 12.1. The number of ether oxygens (including phenoxy) is 1. The molecular formula is C19H24Cl2IN5O2. The van der Waals surface area contributed by atoms with Gasteiger partial charge in [0, 0.05) is 31.9 Å². The second kappa shape index (κ2) is 10.9. The molecule has 29 heavy (non-hydrogen) atoms. The van der Waals surface area contributed by atoms with Crippen LogP contribution in [-0.2, 0) is 24.8 Å². The molecule has 0 bridgehead atoms. The highest BCUT2D eigenvalue weighted by molar-refractivity contribution is 14.0. The van der Waals surface area contributed by atoms with Crippen LogP contribution in [0.25, 0.3) is 0 Å².